The lowest BCUT2D eigenvalue weighted by Gasteiger charge is -2.18. The summed E-state index contributed by atoms with van der Waals surface area (Å²) in [5, 5.41) is 9.56. The third-order valence-corrected chi connectivity index (χ3v) is 4.86. The molecule has 0 spiro atoms. The molecule has 30 heavy (non-hydrogen) atoms. The lowest BCUT2D eigenvalue weighted by molar-refractivity contribution is -0.133. The topological polar surface area (TPSA) is 170 Å². The van der Waals surface area contributed by atoms with Crippen LogP contribution in [0.2, 0.25) is 0 Å². The number of ketones is 5. The van der Waals surface area contributed by atoms with Crippen molar-refractivity contribution in [3.63, 3.8) is 0 Å². The maximum Gasteiger partial charge on any atom is 0.185 e. The second-order valence-corrected chi connectivity index (χ2v) is 7.50. The van der Waals surface area contributed by atoms with E-state index in [1.165, 1.54) is 6.92 Å². The fourth-order valence-electron chi connectivity index (χ4n) is 2.95. The maximum absolute atomic E-state index is 12.6. The maximum atomic E-state index is 12.6. The van der Waals surface area contributed by atoms with Gasteiger partial charge in [0, 0.05) is 63.3 Å². The normalized spacial score (nSPS) is 12.6. The molecule has 2 atom stereocenters. The minimum absolute atomic E-state index is 0.0351. The lowest BCUT2D eigenvalue weighted by Crippen LogP contribution is -2.27. The first kappa shape index (κ1) is 27.6. The van der Waals surface area contributed by atoms with Gasteiger partial charge in [0.2, 0.25) is 0 Å². The Kier molecular flexibility index (Phi) is 14.2. The van der Waals surface area contributed by atoms with Gasteiger partial charge in [0.05, 0.1) is 6.61 Å². The fourth-order valence-corrected chi connectivity index (χ4v) is 2.95. The van der Waals surface area contributed by atoms with E-state index in [2.05, 4.69) is 4.99 Å². The number of aliphatic hydroxyl groups is 1. The van der Waals surface area contributed by atoms with Crippen LogP contribution in [0.25, 0.3) is 0 Å². The smallest absolute Gasteiger partial charge is 0.185 e. The molecular weight excluding hydrogens is 390 g/mol. The lowest BCUT2D eigenvalue weighted by atomic mass is 9.85. The number of nitrogens with zero attached hydrogens (tertiary/aromatic N) is 1. The van der Waals surface area contributed by atoms with Crippen molar-refractivity contribution in [1.82, 2.24) is 0 Å². The molecule has 0 aromatic carbocycles. The molecule has 0 bridgehead atoms. The zero-order valence-electron chi connectivity index (χ0n) is 18.0. The third kappa shape index (κ3) is 12.9. The van der Waals surface area contributed by atoms with Crippen LogP contribution in [0.3, 0.4) is 0 Å². The van der Waals surface area contributed by atoms with Crippen LogP contribution >= 0.6 is 0 Å². The number of guanidine groups is 1. The number of aliphatic hydroxyl groups excluding tert-OH is 1. The van der Waals surface area contributed by atoms with Crippen LogP contribution < -0.4 is 11.5 Å². The van der Waals surface area contributed by atoms with Gasteiger partial charge >= 0.3 is 0 Å². The van der Waals surface area contributed by atoms with E-state index in [1.807, 2.05) is 0 Å². The van der Waals surface area contributed by atoms with Crippen molar-refractivity contribution in [2.45, 2.75) is 71.6 Å². The number of carbonyl (C=O) groups excluding carboxylic acids is 5. The number of hydrogen-bond acceptors (Lipinski definition) is 7. The average molecular weight is 426 g/mol. The van der Waals surface area contributed by atoms with E-state index in [-0.39, 0.29) is 73.4 Å². The molecule has 0 radical (unpaired) electrons. The number of hydrogen-bond donors (Lipinski definition) is 3. The Bertz CT molecular complexity index is 641. The van der Waals surface area contributed by atoms with Gasteiger partial charge < -0.3 is 21.4 Å². The molecule has 0 aromatic rings. The van der Waals surface area contributed by atoms with Gasteiger partial charge in [-0.25, -0.2) is 0 Å². The zero-order valence-corrected chi connectivity index (χ0v) is 18.0. The molecule has 0 rings (SSSR count). The summed E-state index contributed by atoms with van der Waals surface area (Å²) in [6.07, 6.45) is 1.20. The van der Waals surface area contributed by atoms with Crippen molar-refractivity contribution >= 4 is 34.9 Å². The molecule has 0 aliphatic heterocycles. The summed E-state index contributed by atoms with van der Waals surface area (Å²) >= 11 is 0. The predicted octanol–water partition coefficient (Wildman–Crippen LogP) is 0.881. The van der Waals surface area contributed by atoms with Crippen LogP contribution in [-0.4, -0.2) is 53.1 Å². The van der Waals surface area contributed by atoms with E-state index >= 15 is 0 Å². The van der Waals surface area contributed by atoms with Crippen LogP contribution in [0.4, 0.5) is 0 Å². The van der Waals surface area contributed by atoms with Crippen molar-refractivity contribution < 1.29 is 29.1 Å². The SMILES string of the molecule is CCC(=O)CCC(=O)CC(CO)C(=O)CC(CCCN=C(N)N)C(=O)CCC(C)=O. The van der Waals surface area contributed by atoms with Gasteiger partial charge in [0.1, 0.15) is 28.9 Å². The van der Waals surface area contributed by atoms with Crippen molar-refractivity contribution in [1.29, 1.82) is 0 Å². The standard InChI is InChI=1S/C21H35N3O6/c1-3-17(27)7-8-18(28)11-16(13-25)20(30)12-15(5-4-10-24-21(22)23)19(29)9-6-14(2)26/h15-16,25H,3-13H2,1-2H3,(H4,22,23,24). The summed E-state index contributed by atoms with van der Waals surface area (Å²) in [4.78, 5) is 63.6. The Hall–Kier alpha value is -2.42. The monoisotopic (exact) mass is 425 g/mol. The molecule has 5 N–H and O–H groups in total. The highest BCUT2D eigenvalue weighted by molar-refractivity contribution is 5.93. The Morgan fingerprint density at radius 2 is 1.50 bits per heavy atom. The van der Waals surface area contributed by atoms with Gasteiger partial charge in [-0.05, 0) is 19.8 Å². The van der Waals surface area contributed by atoms with Crippen LogP contribution in [-0.2, 0) is 24.0 Å². The predicted molar refractivity (Wildman–Crippen MR) is 113 cm³/mol. The van der Waals surface area contributed by atoms with E-state index in [4.69, 9.17) is 11.5 Å². The first-order chi connectivity index (χ1) is 14.1. The molecule has 0 fully saturated rings. The molecule has 0 aliphatic carbocycles. The average Bonchev–Trinajstić information content (AvgIpc) is 2.69. The summed E-state index contributed by atoms with van der Waals surface area (Å²) in [7, 11) is 0. The summed E-state index contributed by atoms with van der Waals surface area (Å²) < 4.78 is 0. The van der Waals surface area contributed by atoms with Gasteiger partial charge in [0.25, 0.3) is 0 Å². The molecule has 0 amide bonds. The third-order valence-electron chi connectivity index (χ3n) is 4.86. The highest BCUT2D eigenvalue weighted by atomic mass is 16.3. The number of aliphatic imine (C=N–C) groups is 1. The molecule has 9 nitrogen and oxygen atoms in total. The van der Waals surface area contributed by atoms with E-state index in [0.29, 0.717) is 25.8 Å². The first-order valence-corrected chi connectivity index (χ1v) is 10.3. The molecule has 0 heterocycles. The zero-order chi connectivity index (χ0) is 23.1. The minimum Gasteiger partial charge on any atom is -0.396 e. The Morgan fingerprint density at radius 1 is 0.867 bits per heavy atom. The van der Waals surface area contributed by atoms with Gasteiger partial charge in [-0.15, -0.1) is 0 Å². The molecule has 9 heteroatoms. The molecule has 170 valence electrons. The van der Waals surface area contributed by atoms with Crippen LogP contribution in [0.1, 0.15) is 71.6 Å². The van der Waals surface area contributed by atoms with Crippen LogP contribution in [0.15, 0.2) is 4.99 Å². The Labute approximate surface area is 177 Å². The molecular formula is C21H35N3O6. The summed E-state index contributed by atoms with van der Waals surface area (Å²) in [6, 6.07) is 0. The Morgan fingerprint density at radius 3 is 2.03 bits per heavy atom. The molecule has 0 aliphatic rings. The van der Waals surface area contributed by atoms with Crippen molar-refractivity contribution in [3.05, 3.63) is 0 Å². The van der Waals surface area contributed by atoms with E-state index in [0.717, 1.165) is 0 Å². The number of Topliss-reactive ketones (excluding diaryl/α,β-unsaturated/α-hetero) is 5. The van der Waals surface area contributed by atoms with Gasteiger partial charge in [-0.2, -0.15) is 0 Å². The summed E-state index contributed by atoms with van der Waals surface area (Å²) in [5.74, 6) is -2.61. The number of nitrogens with two attached hydrogens (primary N) is 2. The van der Waals surface area contributed by atoms with Crippen molar-refractivity contribution in [2.75, 3.05) is 13.2 Å². The number of rotatable bonds is 18. The molecule has 0 saturated carbocycles. The van der Waals surface area contributed by atoms with Crippen LogP contribution in [0, 0.1) is 11.8 Å². The number of carbonyl (C=O) groups is 5. The van der Waals surface area contributed by atoms with E-state index in [9.17, 15) is 29.1 Å². The van der Waals surface area contributed by atoms with E-state index < -0.39 is 18.4 Å². The quantitative estimate of drug-likeness (QED) is 0.165. The highest BCUT2D eigenvalue weighted by Gasteiger charge is 2.27. The Balaban J connectivity index is 4.94. The minimum atomic E-state index is -0.907. The first-order valence-electron chi connectivity index (χ1n) is 10.3. The van der Waals surface area contributed by atoms with Gasteiger partial charge in [-0.3, -0.25) is 24.2 Å². The van der Waals surface area contributed by atoms with Gasteiger partial charge in [0.15, 0.2) is 5.96 Å². The van der Waals surface area contributed by atoms with Crippen molar-refractivity contribution in [3.8, 4) is 0 Å². The summed E-state index contributed by atoms with van der Waals surface area (Å²) in [6.45, 7) is 2.90. The molecule has 2 unspecified atom stereocenters. The highest BCUT2D eigenvalue weighted by Crippen LogP contribution is 2.21. The van der Waals surface area contributed by atoms with Crippen molar-refractivity contribution in [2.24, 2.45) is 28.3 Å². The fraction of sp³-hybridized carbons (Fsp3) is 0.714. The largest absolute Gasteiger partial charge is 0.396 e. The molecule has 0 saturated heterocycles. The second-order valence-electron chi connectivity index (χ2n) is 7.50. The second kappa shape index (κ2) is 15.4. The van der Waals surface area contributed by atoms with Crippen LogP contribution in [0.5, 0.6) is 0 Å². The summed E-state index contributed by atoms with van der Waals surface area (Å²) in [5.41, 5.74) is 10.6. The van der Waals surface area contributed by atoms with Gasteiger partial charge in [-0.1, -0.05) is 6.92 Å². The van der Waals surface area contributed by atoms with E-state index in [1.54, 1.807) is 6.92 Å². The molecule has 0 aromatic heterocycles.